The first kappa shape index (κ1) is 17.5. The monoisotopic (exact) mass is 357 g/mol. The van der Waals surface area contributed by atoms with E-state index in [0.29, 0.717) is 12.5 Å². The maximum Gasteiger partial charge on any atom is 0.253 e. The lowest BCUT2D eigenvalue weighted by Gasteiger charge is -2.25. The Bertz CT molecular complexity index is 706. The van der Waals surface area contributed by atoms with Gasteiger partial charge in [-0.05, 0) is 55.5 Å². The van der Waals surface area contributed by atoms with E-state index in [1.807, 2.05) is 30.1 Å². The molecule has 0 saturated carbocycles. The maximum absolute atomic E-state index is 12.9. The molecule has 3 aliphatic rings. The van der Waals surface area contributed by atoms with Crippen molar-refractivity contribution in [3.05, 3.63) is 34.9 Å². The van der Waals surface area contributed by atoms with Crippen LogP contribution in [0.25, 0.3) is 0 Å². The van der Waals surface area contributed by atoms with Gasteiger partial charge in [0.05, 0.1) is 19.3 Å². The number of likely N-dealkylation sites (N-methyl/N-ethyl adjacent to an activating group) is 1. The molecule has 4 rings (SSSR count). The molecule has 1 aromatic carbocycles. The number of amides is 2. The molecular formula is C20H27N3O3. The lowest BCUT2D eigenvalue weighted by molar-refractivity contribution is -0.123. The number of benzene rings is 1. The molecule has 1 N–H and O–H groups in total. The first-order chi connectivity index (χ1) is 12.6. The van der Waals surface area contributed by atoms with Crippen molar-refractivity contribution in [1.82, 2.24) is 15.1 Å². The fraction of sp³-hybridized carbons (Fsp3) is 0.600. The number of hydrogen-bond donors (Lipinski definition) is 1. The molecule has 3 heterocycles. The second-order valence-electron chi connectivity index (χ2n) is 7.73. The maximum atomic E-state index is 12.9. The van der Waals surface area contributed by atoms with Crippen LogP contribution in [-0.4, -0.2) is 67.5 Å². The number of carbonyl (C=O) groups is 2. The summed E-state index contributed by atoms with van der Waals surface area (Å²) in [6.45, 7) is 4.59. The van der Waals surface area contributed by atoms with Crippen molar-refractivity contribution in [2.45, 2.75) is 31.9 Å². The Hall–Kier alpha value is -1.92. The Balaban J connectivity index is 1.36. The van der Waals surface area contributed by atoms with Gasteiger partial charge in [0.25, 0.3) is 5.91 Å². The van der Waals surface area contributed by atoms with E-state index >= 15 is 0 Å². The normalized spacial score (nSPS) is 25.5. The second kappa shape index (κ2) is 7.37. The Kier molecular flexibility index (Phi) is 4.96. The van der Waals surface area contributed by atoms with E-state index in [-0.39, 0.29) is 17.9 Å². The molecule has 0 radical (unpaired) electrons. The topological polar surface area (TPSA) is 61.9 Å². The van der Waals surface area contributed by atoms with Crippen LogP contribution in [0.5, 0.6) is 0 Å². The number of likely N-dealkylation sites (tertiary alicyclic amines) is 1. The molecule has 2 amide bonds. The van der Waals surface area contributed by atoms with Crippen molar-refractivity contribution in [3.63, 3.8) is 0 Å². The van der Waals surface area contributed by atoms with Crippen molar-refractivity contribution in [2.75, 3.05) is 39.8 Å². The molecule has 140 valence electrons. The fourth-order valence-corrected chi connectivity index (χ4v) is 4.38. The van der Waals surface area contributed by atoms with Crippen LogP contribution < -0.4 is 5.32 Å². The molecule has 2 saturated heterocycles. The largest absolute Gasteiger partial charge is 0.376 e. The predicted molar refractivity (Wildman–Crippen MR) is 97.9 cm³/mol. The molecule has 2 unspecified atom stereocenters. The summed E-state index contributed by atoms with van der Waals surface area (Å²) >= 11 is 0. The molecule has 2 atom stereocenters. The van der Waals surface area contributed by atoms with Crippen molar-refractivity contribution in [3.8, 4) is 0 Å². The molecule has 1 aromatic rings. The molecule has 26 heavy (non-hydrogen) atoms. The summed E-state index contributed by atoms with van der Waals surface area (Å²) in [5, 5.41) is 2.89. The molecule has 0 spiro atoms. The van der Waals surface area contributed by atoms with Gasteiger partial charge in [-0.3, -0.25) is 14.5 Å². The van der Waals surface area contributed by atoms with E-state index in [4.69, 9.17) is 4.74 Å². The zero-order valence-electron chi connectivity index (χ0n) is 15.4. The summed E-state index contributed by atoms with van der Waals surface area (Å²) < 4.78 is 5.47. The van der Waals surface area contributed by atoms with E-state index in [2.05, 4.69) is 10.2 Å². The van der Waals surface area contributed by atoms with E-state index in [9.17, 15) is 9.59 Å². The highest BCUT2D eigenvalue weighted by atomic mass is 16.5. The minimum atomic E-state index is -0.0115. The molecule has 0 aliphatic carbocycles. The van der Waals surface area contributed by atoms with Crippen LogP contribution in [0.15, 0.2) is 18.2 Å². The third-order valence-corrected chi connectivity index (χ3v) is 5.90. The Morgan fingerprint density at radius 1 is 1.35 bits per heavy atom. The fourth-order valence-electron chi connectivity index (χ4n) is 4.38. The summed E-state index contributed by atoms with van der Waals surface area (Å²) in [5.74, 6) is 0.697. The average Bonchev–Trinajstić information content (AvgIpc) is 3.29. The number of carbonyl (C=O) groups excluding carboxylic acids is 2. The number of nitrogens with one attached hydrogen (secondary N) is 1. The van der Waals surface area contributed by atoms with Crippen LogP contribution in [0.3, 0.4) is 0 Å². The summed E-state index contributed by atoms with van der Waals surface area (Å²) in [7, 11) is 2.02. The van der Waals surface area contributed by atoms with Gasteiger partial charge in [-0.1, -0.05) is 6.07 Å². The van der Waals surface area contributed by atoms with Gasteiger partial charge in [-0.15, -0.1) is 0 Å². The Morgan fingerprint density at radius 2 is 2.23 bits per heavy atom. The highest BCUT2D eigenvalue weighted by Crippen LogP contribution is 2.23. The van der Waals surface area contributed by atoms with Gasteiger partial charge in [-0.25, -0.2) is 0 Å². The number of fused-ring (bicyclic) bond motifs is 1. The van der Waals surface area contributed by atoms with Crippen molar-refractivity contribution in [2.24, 2.45) is 5.92 Å². The van der Waals surface area contributed by atoms with Gasteiger partial charge in [0.2, 0.25) is 5.91 Å². The predicted octanol–water partition coefficient (Wildman–Crippen LogP) is 1.04. The standard InChI is InChI=1S/C20H27N3O3/c1-22(18-4-7-21-19(18)24)11-14-5-8-23(12-14)20(25)16-2-3-17-13-26-9-6-15(17)10-16/h2-3,10,14,18H,4-9,11-13H2,1H3,(H,21,24). The Morgan fingerprint density at radius 3 is 3.04 bits per heavy atom. The minimum Gasteiger partial charge on any atom is -0.376 e. The average molecular weight is 357 g/mol. The summed E-state index contributed by atoms with van der Waals surface area (Å²) in [5.41, 5.74) is 3.23. The van der Waals surface area contributed by atoms with Crippen molar-refractivity contribution in [1.29, 1.82) is 0 Å². The second-order valence-corrected chi connectivity index (χ2v) is 7.73. The van der Waals surface area contributed by atoms with Crippen molar-refractivity contribution < 1.29 is 14.3 Å². The summed E-state index contributed by atoms with van der Waals surface area (Å²) in [6, 6.07) is 5.99. The molecule has 3 aliphatic heterocycles. The minimum absolute atomic E-state index is 0.0115. The van der Waals surface area contributed by atoms with Crippen LogP contribution >= 0.6 is 0 Å². The molecule has 6 heteroatoms. The van der Waals surface area contributed by atoms with E-state index < -0.39 is 0 Å². The smallest absolute Gasteiger partial charge is 0.253 e. The number of rotatable bonds is 4. The first-order valence-electron chi connectivity index (χ1n) is 9.58. The van der Waals surface area contributed by atoms with E-state index in [1.165, 1.54) is 11.1 Å². The van der Waals surface area contributed by atoms with Gasteiger partial charge >= 0.3 is 0 Å². The van der Waals surface area contributed by atoms with Gasteiger partial charge in [-0.2, -0.15) is 0 Å². The van der Waals surface area contributed by atoms with Gasteiger partial charge < -0.3 is 15.0 Å². The Labute approximate surface area is 154 Å². The molecular weight excluding hydrogens is 330 g/mol. The zero-order chi connectivity index (χ0) is 18.1. The van der Waals surface area contributed by atoms with Crippen LogP contribution in [0, 0.1) is 5.92 Å². The van der Waals surface area contributed by atoms with Gasteiger partial charge in [0, 0.05) is 31.7 Å². The first-order valence-corrected chi connectivity index (χ1v) is 9.58. The zero-order valence-corrected chi connectivity index (χ0v) is 15.4. The quantitative estimate of drug-likeness (QED) is 0.875. The third kappa shape index (κ3) is 3.48. The van der Waals surface area contributed by atoms with Crippen LogP contribution in [0.2, 0.25) is 0 Å². The van der Waals surface area contributed by atoms with E-state index in [1.54, 1.807) is 0 Å². The number of hydrogen-bond acceptors (Lipinski definition) is 4. The highest BCUT2D eigenvalue weighted by Gasteiger charge is 2.32. The molecule has 2 fully saturated rings. The summed E-state index contributed by atoms with van der Waals surface area (Å²) in [6.07, 6.45) is 2.76. The van der Waals surface area contributed by atoms with Crippen molar-refractivity contribution >= 4 is 11.8 Å². The van der Waals surface area contributed by atoms with E-state index in [0.717, 1.165) is 57.6 Å². The molecule has 6 nitrogen and oxygen atoms in total. The van der Waals surface area contributed by atoms with Crippen LogP contribution in [0.4, 0.5) is 0 Å². The highest BCUT2D eigenvalue weighted by molar-refractivity contribution is 5.94. The SMILES string of the molecule is CN(CC1CCN(C(=O)c2ccc3c(c2)CCOC3)C1)C1CCNC1=O. The third-order valence-electron chi connectivity index (χ3n) is 5.90. The number of nitrogens with zero attached hydrogens (tertiary/aromatic N) is 2. The van der Waals surface area contributed by atoms with Gasteiger partial charge in [0.1, 0.15) is 0 Å². The van der Waals surface area contributed by atoms with Crippen LogP contribution in [-0.2, 0) is 22.6 Å². The lowest BCUT2D eigenvalue weighted by atomic mass is 10.00. The summed E-state index contributed by atoms with van der Waals surface area (Å²) in [4.78, 5) is 28.8. The molecule has 0 aromatic heterocycles. The van der Waals surface area contributed by atoms with Crippen LogP contribution in [0.1, 0.15) is 34.3 Å². The lowest BCUT2D eigenvalue weighted by Crippen LogP contribution is -2.41. The molecule has 0 bridgehead atoms. The number of ether oxygens (including phenoxy) is 1. The van der Waals surface area contributed by atoms with Gasteiger partial charge in [0.15, 0.2) is 0 Å².